The van der Waals surface area contributed by atoms with Crippen LogP contribution in [-0.2, 0) is 0 Å². The lowest BCUT2D eigenvalue weighted by molar-refractivity contribution is 1.10. The van der Waals surface area contributed by atoms with Crippen molar-refractivity contribution in [2.75, 3.05) is 0 Å². The zero-order valence-electron chi connectivity index (χ0n) is 7.81. The molecule has 0 unspecified atom stereocenters. The van der Waals surface area contributed by atoms with Crippen LogP contribution >= 0.6 is 27.5 Å². The van der Waals surface area contributed by atoms with E-state index in [9.17, 15) is 0 Å². The molecular weight excluding hydrogens is 263 g/mol. The Morgan fingerprint density at radius 2 is 1.79 bits per heavy atom. The fraction of sp³-hybridized carbons (Fsp3) is 0.200. The van der Waals surface area contributed by atoms with Crippen molar-refractivity contribution in [1.29, 1.82) is 0 Å². The van der Waals surface area contributed by atoms with Gasteiger partial charge in [-0.2, -0.15) is 0 Å². The van der Waals surface area contributed by atoms with E-state index in [1.54, 1.807) is 0 Å². The van der Waals surface area contributed by atoms with Gasteiger partial charge in [-0.15, -0.1) is 0 Å². The Bertz CT molecular complexity index is 511. The Balaban J connectivity index is 2.89. The molecule has 0 fully saturated rings. The van der Waals surface area contributed by atoms with Crippen LogP contribution in [-0.4, -0.2) is 9.97 Å². The van der Waals surface area contributed by atoms with E-state index < -0.39 is 0 Å². The van der Waals surface area contributed by atoms with Gasteiger partial charge in [0, 0.05) is 4.47 Å². The normalized spacial score (nSPS) is 10.9. The summed E-state index contributed by atoms with van der Waals surface area (Å²) in [6.45, 7) is 3.87. The standard InChI is InChI=1S/C10H8BrClN2/c1-5-6(2)14-10-8(12)3-7(11)4-9(10)13-5/h3-4H,1-2H3. The number of halogens is 2. The van der Waals surface area contributed by atoms with Crippen LogP contribution in [0.3, 0.4) is 0 Å². The van der Waals surface area contributed by atoms with Gasteiger partial charge < -0.3 is 0 Å². The highest BCUT2D eigenvalue weighted by atomic mass is 79.9. The van der Waals surface area contributed by atoms with E-state index in [2.05, 4.69) is 25.9 Å². The molecule has 0 aliphatic rings. The summed E-state index contributed by atoms with van der Waals surface area (Å²) in [5.41, 5.74) is 3.44. The predicted octanol–water partition coefficient (Wildman–Crippen LogP) is 3.66. The average Bonchev–Trinajstić information content (AvgIpc) is 2.08. The fourth-order valence-electron chi connectivity index (χ4n) is 1.26. The zero-order chi connectivity index (χ0) is 10.3. The van der Waals surface area contributed by atoms with E-state index in [0.717, 1.165) is 26.9 Å². The predicted molar refractivity (Wildman–Crippen MR) is 61.7 cm³/mol. The minimum atomic E-state index is 0.630. The molecule has 4 heteroatoms. The molecule has 2 rings (SSSR count). The smallest absolute Gasteiger partial charge is 0.108 e. The molecule has 0 aliphatic heterocycles. The van der Waals surface area contributed by atoms with E-state index in [-0.39, 0.29) is 0 Å². The molecule has 2 aromatic rings. The van der Waals surface area contributed by atoms with Crippen LogP contribution in [0, 0.1) is 13.8 Å². The van der Waals surface area contributed by atoms with E-state index in [0.29, 0.717) is 5.02 Å². The third-order valence-electron chi connectivity index (χ3n) is 2.10. The Morgan fingerprint density at radius 1 is 1.14 bits per heavy atom. The van der Waals surface area contributed by atoms with Crippen molar-refractivity contribution in [3.63, 3.8) is 0 Å². The molecule has 1 aromatic carbocycles. The fourth-order valence-corrected chi connectivity index (χ4v) is 2.09. The Labute approximate surface area is 95.5 Å². The number of aryl methyl sites for hydroxylation is 2. The second-order valence-electron chi connectivity index (χ2n) is 3.15. The van der Waals surface area contributed by atoms with Crippen molar-refractivity contribution in [3.05, 3.63) is 33.0 Å². The minimum Gasteiger partial charge on any atom is -0.250 e. The van der Waals surface area contributed by atoms with Gasteiger partial charge in [-0.1, -0.05) is 27.5 Å². The van der Waals surface area contributed by atoms with Crippen molar-refractivity contribution in [3.8, 4) is 0 Å². The van der Waals surface area contributed by atoms with E-state index in [1.807, 2.05) is 26.0 Å². The topological polar surface area (TPSA) is 25.8 Å². The molecule has 0 amide bonds. The molecule has 0 saturated heterocycles. The maximum atomic E-state index is 6.05. The van der Waals surface area contributed by atoms with Crippen LogP contribution in [0.5, 0.6) is 0 Å². The number of rotatable bonds is 0. The molecule has 0 N–H and O–H groups in total. The second kappa shape index (κ2) is 3.48. The number of nitrogens with zero attached hydrogens (tertiary/aromatic N) is 2. The first-order valence-electron chi connectivity index (χ1n) is 4.18. The van der Waals surface area contributed by atoms with Crippen molar-refractivity contribution in [1.82, 2.24) is 9.97 Å². The summed E-state index contributed by atoms with van der Waals surface area (Å²) in [4.78, 5) is 8.82. The first-order valence-corrected chi connectivity index (χ1v) is 5.35. The number of hydrogen-bond donors (Lipinski definition) is 0. The van der Waals surface area contributed by atoms with Crippen molar-refractivity contribution in [2.45, 2.75) is 13.8 Å². The molecule has 0 bridgehead atoms. The summed E-state index contributed by atoms with van der Waals surface area (Å²) in [5, 5.41) is 0.630. The highest BCUT2D eigenvalue weighted by Gasteiger charge is 2.06. The lowest BCUT2D eigenvalue weighted by atomic mass is 10.2. The first kappa shape index (κ1) is 9.87. The highest BCUT2D eigenvalue weighted by molar-refractivity contribution is 9.10. The summed E-state index contributed by atoms with van der Waals surface area (Å²) in [5.74, 6) is 0. The molecular formula is C10H8BrClN2. The van der Waals surface area contributed by atoms with E-state index in [1.165, 1.54) is 0 Å². The largest absolute Gasteiger partial charge is 0.250 e. The van der Waals surface area contributed by atoms with E-state index >= 15 is 0 Å². The molecule has 0 atom stereocenters. The van der Waals surface area contributed by atoms with Crippen LogP contribution in [0.2, 0.25) is 5.02 Å². The van der Waals surface area contributed by atoms with Crippen molar-refractivity contribution < 1.29 is 0 Å². The van der Waals surface area contributed by atoms with Gasteiger partial charge in [0.15, 0.2) is 0 Å². The van der Waals surface area contributed by atoms with Crippen LogP contribution in [0.25, 0.3) is 11.0 Å². The molecule has 0 radical (unpaired) electrons. The second-order valence-corrected chi connectivity index (χ2v) is 4.47. The Kier molecular flexibility index (Phi) is 2.45. The van der Waals surface area contributed by atoms with Crippen molar-refractivity contribution >= 4 is 38.6 Å². The first-order chi connectivity index (χ1) is 6.58. The van der Waals surface area contributed by atoms with Gasteiger partial charge in [-0.05, 0) is 26.0 Å². The summed E-state index contributed by atoms with van der Waals surface area (Å²) >= 11 is 9.43. The quantitative estimate of drug-likeness (QED) is 0.731. The maximum absolute atomic E-state index is 6.05. The van der Waals surface area contributed by atoms with Crippen LogP contribution < -0.4 is 0 Å². The Morgan fingerprint density at radius 3 is 2.50 bits per heavy atom. The highest BCUT2D eigenvalue weighted by Crippen LogP contribution is 2.26. The number of hydrogen-bond acceptors (Lipinski definition) is 2. The van der Waals surface area contributed by atoms with Gasteiger partial charge >= 0.3 is 0 Å². The zero-order valence-corrected chi connectivity index (χ0v) is 10.1. The molecule has 0 aliphatic carbocycles. The van der Waals surface area contributed by atoms with Crippen LogP contribution in [0.15, 0.2) is 16.6 Å². The summed E-state index contributed by atoms with van der Waals surface area (Å²) in [6.07, 6.45) is 0. The van der Waals surface area contributed by atoms with E-state index in [4.69, 9.17) is 11.6 Å². The van der Waals surface area contributed by atoms with Crippen LogP contribution in [0.1, 0.15) is 11.4 Å². The van der Waals surface area contributed by atoms with Gasteiger partial charge in [0.1, 0.15) is 5.52 Å². The third kappa shape index (κ3) is 1.62. The summed E-state index contributed by atoms with van der Waals surface area (Å²) in [6, 6.07) is 3.74. The minimum absolute atomic E-state index is 0.630. The molecule has 72 valence electrons. The SMILES string of the molecule is Cc1nc2cc(Br)cc(Cl)c2nc1C. The molecule has 0 spiro atoms. The van der Waals surface area contributed by atoms with Gasteiger partial charge in [0.25, 0.3) is 0 Å². The van der Waals surface area contributed by atoms with Crippen molar-refractivity contribution in [2.24, 2.45) is 0 Å². The summed E-state index contributed by atoms with van der Waals surface area (Å²) in [7, 11) is 0. The summed E-state index contributed by atoms with van der Waals surface area (Å²) < 4.78 is 0.924. The molecule has 1 heterocycles. The third-order valence-corrected chi connectivity index (χ3v) is 2.85. The average molecular weight is 272 g/mol. The molecule has 2 nitrogen and oxygen atoms in total. The number of aromatic nitrogens is 2. The van der Waals surface area contributed by atoms with Gasteiger partial charge in [0.05, 0.1) is 21.9 Å². The van der Waals surface area contributed by atoms with Gasteiger partial charge in [-0.25, -0.2) is 9.97 Å². The molecule has 14 heavy (non-hydrogen) atoms. The number of benzene rings is 1. The van der Waals surface area contributed by atoms with Gasteiger partial charge in [-0.3, -0.25) is 0 Å². The van der Waals surface area contributed by atoms with Gasteiger partial charge in [0.2, 0.25) is 0 Å². The monoisotopic (exact) mass is 270 g/mol. The number of fused-ring (bicyclic) bond motifs is 1. The molecule has 0 saturated carbocycles. The maximum Gasteiger partial charge on any atom is 0.108 e. The lowest BCUT2D eigenvalue weighted by Gasteiger charge is -2.04. The lowest BCUT2D eigenvalue weighted by Crippen LogP contribution is -1.93. The van der Waals surface area contributed by atoms with Crippen LogP contribution in [0.4, 0.5) is 0 Å². The molecule has 1 aromatic heterocycles. The Hall–Kier alpha value is -0.670.